The van der Waals surface area contributed by atoms with Crippen molar-refractivity contribution in [2.75, 3.05) is 14.1 Å². The van der Waals surface area contributed by atoms with Crippen LogP contribution >= 0.6 is 0 Å². The molecule has 2 atom stereocenters. The Hall–Kier alpha value is -0.170. The van der Waals surface area contributed by atoms with Crippen molar-refractivity contribution < 1.29 is 18.1 Å². The van der Waals surface area contributed by atoms with E-state index in [1.165, 1.54) is 0 Å². The maximum absolute atomic E-state index is 10.4. The summed E-state index contributed by atoms with van der Waals surface area (Å²) in [7, 11) is -0.709. The van der Waals surface area contributed by atoms with Crippen molar-refractivity contribution >= 4 is 10.1 Å². The van der Waals surface area contributed by atoms with Gasteiger partial charge in [-0.15, -0.1) is 0 Å². The first kappa shape index (κ1) is 12.8. The zero-order valence-corrected chi connectivity index (χ0v) is 8.66. The molecule has 0 bridgehead atoms. The van der Waals surface area contributed by atoms with Crippen LogP contribution in [0.5, 0.6) is 0 Å². The van der Waals surface area contributed by atoms with Gasteiger partial charge in [0, 0.05) is 6.04 Å². The zero-order chi connectivity index (χ0) is 10.6. The van der Waals surface area contributed by atoms with E-state index in [0.717, 1.165) is 0 Å². The van der Waals surface area contributed by atoms with Gasteiger partial charge in [-0.1, -0.05) is 0 Å². The fraction of sp³-hybridized carbons (Fsp3) is 0.857. The summed E-state index contributed by atoms with van der Waals surface area (Å²) in [6.45, 7) is 3.73. The molecule has 0 aliphatic carbocycles. The molecule has 0 aromatic rings. The summed E-state index contributed by atoms with van der Waals surface area (Å²) in [5.41, 5.74) is -1.70. The second-order valence-corrected chi connectivity index (χ2v) is 4.74. The van der Waals surface area contributed by atoms with Crippen LogP contribution in [0.15, 0.2) is 0 Å². The highest BCUT2D eigenvalue weighted by atomic mass is 32.2. The highest BCUT2D eigenvalue weighted by molar-refractivity contribution is 7.86. The van der Waals surface area contributed by atoms with Gasteiger partial charge in [0.15, 0.2) is 5.44 Å². The summed E-state index contributed by atoms with van der Waals surface area (Å²) in [4.78, 5) is 1.80. The summed E-state index contributed by atoms with van der Waals surface area (Å²) in [6.07, 6.45) is 0.402. The van der Waals surface area contributed by atoms with Crippen LogP contribution < -0.4 is 0 Å². The second-order valence-electron chi connectivity index (χ2n) is 3.16. The summed E-state index contributed by atoms with van der Waals surface area (Å²) < 4.78 is 29.2. The van der Waals surface area contributed by atoms with Crippen LogP contribution in [0.25, 0.3) is 0 Å². The van der Waals surface area contributed by atoms with Crippen molar-refractivity contribution in [1.82, 2.24) is 4.90 Å². The third kappa shape index (κ3) is 5.20. The van der Waals surface area contributed by atoms with Gasteiger partial charge in [-0.3, -0.25) is 4.55 Å². The lowest BCUT2D eigenvalue weighted by molar-refractivity contribution is 0.205. The Labute approximate surface area is 79.1 Å². The standard InChI is InChI=1S/C7H16NO4S/c1-6(8(2)3)4-5-7(9)13(10,11)12/h6-7,9H,1,4-5H2,2-3H3,(H,10,11,12). The van der Waals surface area contributed by atoms with Gasteiger partial charge in [0.1, 0.15) is 0 Å². The molecule has 2 unspecified atom stereocenters. The number of nitrogens with zero attached hydrogens (tertiary/aromatic N) is 1. The third-order valence-corrected chi connectivity index (χ3v) is 2.74. The number of aliphatic hydroxyl groups is 1. The van der Waals surface area contributed by atoms with Gasteiger partial charge in [-0.2, -0.15) is 8.42 Å². The Morgan fingerprint density at radius 3 is 2.15 bits per heavy atom. The predicted molar refractivity (Wildman–Crippen MR) is 49.6 cm³/mol. The van der Waals surface area contributed by atoms with Crippen molar-refractivity contribution in [2.45, 2.75) is 24.3 Å². The van der Waals surface area contributed by atoms with Gasteiger partial charge in [0.2, 0.25) is 0 Å². The smallest absolute Gasteiger partial charge is 0.291 e. The molecule has 0 amide bonds. The first-order valence-corrected chi connectivity index (χ1v) is 5.39. The maximum atomic E-state index is 10.4. The van der Waals surface area contributed by atoms with Gasteiger partial charge < -0.3 is 10.0 Å². The molecule has 0 rings (SSSR count). The van der Waals surface area contributed by atoms with Crippen LogP contribution in [0.4, 0.5) is 0 Å². The van der Waals surface area contributed by atoms with Crippen molar-refractivity contribution in [1.29, 1.82) is 0 Å². The lowest BCUT2D eigenvalue weighted by Gasteiger charge is -2.19. The fourth-order valence-corrected chi connectivity index (χ4v) is 1.18. The minimum absolute atomic E-state index is 0.00875. The molecule has 0 aromatic carbocycles. The summed E-state index contributed by atoms with van der Waals surface area (Å²) in [5.74, 6) is 0. The maximum Gasteiger partial charge on any atom is 0.291 e. The van der Waals surface area contributed by atoms with Crippen LogP contribution in [0.1, 0.15) is 12.8 Å². The molecule has 0 heterocycles. The Morgan fingerprint density at radius 1 is 1.38 bits per heavy atom. The molecule has 0 fully saturated rings. The minimum Gasteiger partial charge on any atom is -0.375 e. The zero-order valence-electron chi connectivity index (χ0n) is 7.84. The molecule has 0 saturated carbocycles. The molecule has 6 heteroatoms. The van der Waals surface area contributed by atoms with Crippen LogP contribution in [0.2, 0.25) is 0 Å². The van der Waals surface area contributed by atoms with Gasteiger partial charge in [0.25, 0.3) is 10.1 Å². The summed E-state index contributed by atoms with van der Waals surface area (Å²) >= 11 is 0. The molecule has 0 aliphatic rings. The lowest BCUT2D eigenvalue weighted by atomic mass is 10.2. The summed E-state index contributed by atoms with van der Waals surface area (Å²) in [6, 6.07) is -0.0728. The van der Waals surface area contributed by atoms with E-state index in [9.17, 15) is 8.42 Å². The Kier molecular flexibility index (Phi) is 4.83. The molecule has 13 heavy (non-hydrogen) atoms. The van der Waals surface area contributed by atoms with Gasteiger partial charge in [0.05, 0.1) is 0 Å². The molecule has 0 spiro atoms. The van der Waals surface area contributed by atoms with Crippen LogP contribution in [-0.4, -0.2) is 48.6 Å². The first-order valence-electron chi connectivity index (χ1n) is 3.89. The molecule has 0 saturated heterocycles. The highest BCUT2D eigenvalue weighted by Crippen LogP contribution is 2.08. The first-order chi connectivity index (χ1) is 5.75. The second kappa shape index (κ2) is 4.90. The number of aliphatic hydroxyl groups excluding tert-OH is 1. The van der Waals surface area contributed by atoms with E-state index < -0.39 is 15.6 Å². The van der Waals surface area contributed by atoms with Gasteiger partial charge in [-0.25, -0.2) is 0 Å². The predicted octanol–water partition coefficient (Wildman–Crippen LogP) is -0.263. The van der Waals surface area contributed by atoms with Crippen LogP contribution in [0, 0.1) is 6.92 Å². The van der Waals surface area contributed by atoms with E-state index in [1.807, 2.05) is 0 Å². The van der Waals surface area contributed by atoms with E-state index >= 15 is 0 Å². The molecular weight excluding hydrogens is 194 g/mol. The quantitative estimate of drug-likeness (QED) is 0.611. The average molecular weight is 210 g/mol. The number of hydrogen-bond donors (Lipinski definition) is 2. The minimum atomic E-state index is -4.31. The number of hydrogen-bond acceptors (Lipinski definition) is 4. The Balaban J connectivity index is 3.91. The van der Waals surface area contributed by atoms with E-state index in [4.69, 9.17) is 9.66 Å². The largest absolute Gasteiger partial charge is 0.375 e. The topological polar surface area (TPSA) is 77.8 Å². The molecule has 0 aromatic heterocycles. The molecule has 2 N–H and O–H groups in total. The monoisotopic (exact) mass is 210 g/mol. The van der Waals surface area contributed by atoms with Crippen LogP contribution in [0.3, 0.4) is 0 Å². The molecule has 79 valence electrons. The molecular formula is C7H16NO4S. The van der Waals surface area contributed by atoms with Crippen molar-refractivity contribution in [3.8, 4) is 0 Å². The van der Waals surface area contributed by atoms with E-state index in [-0.39, 0.29) is 12.5 Å². The molecule has 0 aliphatic heterocycles. The van der Waals surface area contributed by atoms with Crippen LogP contribution in [-0.2, 0) is 10.1 Å². The molecule has 1 radical (unpaired) electrons. The summed E-state index contributed by atoms with van der Waals surface area (Å²) in [5, 5.41) is 8.93. The SMILES string of the molecule is [CH2]C(CCC(O)S(=O)(=O)O)N(C)C. The van der Waals surface area contributed by atoms with Gasteiger partial charge in [-0.05, 0) is 33.9 Å². The molecule has 5 nitrogen and oxygen atoms in total. The van der Waals surface area contributed by atoms with Crippen molar-refractivity contribution in [3.05, 3.63) is 6.92 Å². The van der Waals surface area contributed by atoms with E-state index in [1.54, 1.807) is 19.0 Å². The van der Waals surface area contributed by atoms with Crippen molar-refractivity contribution in [2.24, 2.45) is 0 Å². The lowest BCUT2D eigenvalue weighted by Crippen LogP contribution is -2.28. The van der Waals surface area contributed by atoms with E-state index in [0.29, 0.717) is 6.42 Å². The number of rotatable bonds is 5. The van der Waals surface area contributed by atoms with Crippen molar-refractivity contribution in [3.63, 3.8) is 0 Å². The normalized spacial score (nSPS) is 17.4. The van der Waals surface area contributed by atoms with Gasteiger partial charge >= 0.3 is 0 Å². The third-order valence-electron chi connectivity index (χ3n) is 1.82. The Morgan fingerprint density at radius 2 is 1.85 bits per heavy atom. The highest BCUT2D eigenvalue weighted by Gasteiger charge is 2.20. The fourth-order valence-electron chi connectivity index (χ4n) is 0.742. The average Bonchev–Trinajstić information content (AvgIpc) is 1.97. The van der Waals surface area contributed by atoms with E-state index in [2.05, 4.69) is 6.92 Å². The Bertz CT molecular complexity index is 237.